The zero-order valence-corrected chi connectivity index (χ0v) is 15.2. The highest BCUT2D eigenvalue weighted by molar-refractivity contribution is 7.09. The van der Waals surface area contributed by atoms with Crippen LogP contribution in [0.2, 0.25) is 0 Å². The van der Waals surface area contributed by atoms with Gasteiger partial charge in [-0.3, -0.25) is 9.59 Å². The van der Waals surface area contributed by atoms with Crippen LogP contribution in [0, 0.1) is 0 Å². The third-order valence-corrected chi connectivity index (χ3v) is 5.40. The van der Waals surface area contributed by atoms with Crippen LogP contribution >= 0.6 is 11.3 Å². The van der Waals surface area contributed by atoms with Crippen molar-refractivity contribution in [2.45, 2.75) is 19.1 Å². The molecule has 0 aliphatic carbocycles. The Kier molecular flexibility index (Phi) is 4.64. The first kappa shape index (κ1) is 17.3. The topological polar surface area (TPSA) is 87.5 Å². The Morgan fingerprint density at radius 3 is 2.96 bits per heavy atom. The van der Waals surface area contributed by atoms with Gasteiger partial charge < -0.3 is 19.9 Å². The second-order valence-corrected chi connectivity index (χ2v) is 7.37. The Morgan fingerprint density at radius 2 is 2.19 bits per heavy atom. The summed E-state index contributed by atoms with van der Waals surface area (Å²) in [6.45, 7) is 1.06. The van der Waals surface area contributed by atoms with E-state index in [1.165, 1.54) is 12.1 Å². The average Bonchev–Trinajstić information content (AvgIpc) is 3.36. The molecule has 7 nitrogen and oxygen atoms in total. The predicted octanol–water partition coefficient (Wildman–Crippen LogP) is 2.16. The number of phenols is 1. The number of hydrogen-bond donors (Lipinski definition) is 2. The maximum atomic E-state index is 12.9. The summed E-state index contributed by atoms with van der Waals surface area (Å²) >= 11 is 1.58. The first-order valence-electron chi connectivity index (χ1n) is 8.51. The molecule has 3 heterocycles. The van der Waals surface area contributed by atoms with Crippen molar-refractivity contribution < 1.29 is 14.7 Å². The highest BCUT2D eigenvalue weighted by Crippen LogP contribution is 2.24. The normalized spacial score (nSPS) is 16.0. The van der Waals surface area contributed by atoms with E-state index in [0.717, 1.165) is 10.6 Å². The van der Waals surface area contributed by atoms with Crippen molar-refractivity contribution in [3.05, 3.63) is 70.4 Å². The number of amides is 2. The minimum atomic E-state index is -0.544. The van der Waals surface area contributed by atoms with E-state index >= 15 is 0 Å². The minimum Gasteiger partial charge on any atom is -0.508 e. The van der Waals surface area contributed by atoms with Gasteiger partial charge in [0.2, 0.25) is 5.91 Å². The van der Waals surface area contributed by atoms with Gasteiger partial charge in [-0.1, -0.05) is 12.1 Å². The molecule has 1 aromatic carbocycles. The summed E-state index contributed by atoms with van der Waals surface area (Å²) in [5, 5.41) is 14.5. The second kappa shape index (κ2) is 7.24. The Morgan fingerprint density at radius 1 is 1.30 bits per heavy atom. The standard InChI is InChI=1S/C19H18N4O3S/c24-15-4-1-3-13(7-15)19(26)22-10-14-8-20-12-23(14)17(11-22)18(25)21-9-16-5-2-6-27-16/h1-8,12,17,24H,9-11H2,(H,21,25)/t17-/m1/s1. The van der Waals surface area contributed by atoms with Crippen LogP contribution in [-0.2, 0) is 17.9 Å². The monoisotopic (exact) mass is 382 g/mol. The number of aromatic hydroxyl groups is 1. The molecule has 3 aromatic rings. The van der Waals surface area contributed by atoms with Crippen molar-refractivity contribution in [1.29, 1.82) is 0 Å². The van der Waals surface area contributed by atoms with Gasteiger partial charge in [-0.15, -0.1) is 11.3 Å². The lowest BCUT2D eigenvalue weighted by atomic mass is 10.1. The maximum absolute atomic E-state index is 12.9. The van der Waals surface area contributed by atoms with Gasteiger partial charge in [0, 0.05) is 16.6 Å². The Hall–Kier alpha value is -3.13. The lowest BCUT2D eigenvalue weighted by Gasteiger charge is -2.33. The van der Waals surface area contributed by atoms with Gasteiger partial charge in [0.05, 0.1) is 31.7 Å². The molecule has 0 saturated carbocycles. The fraction of sp³-hybridized carbons (Fsp3) is 0.211. The third kappa shape index (κ3) is 3.56. The number of imidazole rings is 1. The minimum absolute atomic E-state index is 0.0353. The van der Waals surface area contributed by atoms with Crippen molar-refractivity contribution in [2.24, 2.45) is 0 Å². The van der Waals surface area contributed by atoms with Crippen LogP contribution < -0.4 is 5.32 Å². The molecule has 4 rings (SSSR count). The quantitative estimate of drug-likeness (QED) is 0.724. The summed E-state index contributed by atoms with van der Waals surface area (Å²) in [7, 11) is 0. The number of hydrogen-bond acceptors (Lipinski definition) is 5. The van der Waals surface area contributed by atoms with E-state index < -0.39 is 6.04 Å². The van der Waals surface area contributed by atoms with Crippen LogP contribution in [0.25, 0.3) is 0 Å². The van der Waals surface area contributed by atoms with Gasteiger partial charge in [0.25, 0.3) is 5.91 Å². The van der Waals surface area contributed by atoms with Gasteiger partial charge in [-0.2, -0.15) is 0 Å². The molecule has 2 aromatic heterocycles. The van der Waals surface area contributed by atoms with Crippen molar-refractivity contribution in [3.8, 4) is 5.75 Å². The van der Waals surface area contributed by atoms with E-state index in [0.29, 0.717) is 18.7 Å². The number of benzene rings is 1. The summed E-state index contributed by atoms with van der Waals surface area (Å²) < 4.78 is 1.82. The molecule has 138 valence electrons. The van der Waals surface area contributed by atoms with E-state index in [1.807, 2.05) is 22.1 Å². The first-order chi connectivity index (χ1) is 13.1. The Balaban J connectivity index is 1.53. The summed E-state index contributed by atoms with van der Waals surface area (Å²) in [6, 6.07) is 9.59. The molecule has 0 saturated heterocycles. The number of phenolic OH excluding ortho intramolecular Hbond substituents is 1. The highest BCUT2D eigenvalue weighted by Gasteiger charge is 2.32. The van der Waals surface area contributed by atoms with E-state index in [1.54, 1.807) is 40.9 Å². The lowest BCUT2D eigenvalue weighted by Crippen LogP contribution is -2.46. The van der Waals surface area contributed by atoms with Gasteiger partial charge >= 0.3 is 0 Å². The number of thiophene rings is 1. The van der Waals surface area contributed by atoms with Crippen LogP contribution in [-0.4, -0.2) is 37.9 Å². The molecule has 0 radical (unpaired) electrons. The first-order valence-corrected chi connectivity index (χ1v) is 9.39. The summed E-state index contributed by atoms with van der Waals surface area (Å²) in [5.41, 5.74) is 1.19. The van der Waals surface area contributed by atoms with E-state index in [-0.39, 0.29) is 24.1 Å². The molecule has 8 heteroatoms. The van der Waals surface area contributed by atoms with Crippen LogP contribution in [0.4, 0.5) is 0 Å². The van der Waals surface area contributed by atoms with Gasteiger partial charge in [-0.05, 0) is 29.6 Å². The number of carbonyl (C=O) groups is 2. The third-order valence-electron chi connectivity index (χ3n) is 4.53. The number of carbonyl (C=O) groups excluding carboxylic acids is 2. The molecule has 0 bridgehead atoms. The zero-order valence-electron chi connectivity index (χ0n) is 14.4. The average molecular weight is 382 g/mol. The molecule has 1 aliphatic rings. The van der Waals surface area contributed by atoms with E-state index in [4.69, 9.17) is 0 Å². The molecule has 1 atom stereocenters. The van der Waals surface area contributed by atoms with E-state index in [9.17, 15) is 14.7 Å². The largest absolute Gasteiger partial charge is 0.508 e. The molecule has 0 fully saturated rings. The molecular weight excluding hydrogens is 364 g/mol. The van der Waals surface area contributed by atoms with Gasteiger partial charge in [-0.25, -0.2) is 4.98 Å². The van der Waals surface area contributed by atoms with Gasteiger partial charge in [0.15, 0.2) is 0 Å². The highest BCUT2D eigenvalue weighted by atomic mass is 32.1. The molecule has 2 N–H and O–H groups in total. The van der Waals surface area contributed by atoms with Gasteiger partial charge in [0.1, 0.15) is 11.8 Å². The fourth-order valence-electron chi connectivity index (χ4n) is 3.18. The van der Waals surface area contributed by atoms with E-state index in [2.05, 4.69) is 10.3 Å². The van der Waals surface area contributed by atoms with Crippen molar-refractivity contribution >= 4 is 23.2 Å². The van der Waals surface area contributed by atoms with Crippen LogP contribution in [0.1, 0.15) is 27.0 Å². The SMILES string of the molecule is O=C(NCc1cccs1)[C@H]1CN(C(=O)c2cccc(O)c2)Cc2cncn21. The van der Waals surface area contributed by atoms with Crippen molar-refractivity contribution in [3.63, 3.8) is 0 Å². The second-order valence-electron chi connectivity index (χ2n) is 6.34. The number of fused-ring (bicyclic) bond motifs is 1. The Labute approximate surface area is 159 Å². The number of nitrogens with one attached hydrogen (secondary N) is 1. The molecule has 1 aliphatic heterocycles. The van der Waals surface area contributed by atoms with Crippen LogP contribution in [0.3, 0.4) is 0 Å². The molecule has 27 heavy (non-hydrogen) atoms. The number of nitrogens with zero attached hydrogens (tertiary/aromatic N) is 3. The fourth-order valence-corrected chi connectivity index (χ4v) is 3.83. The van der Waals surface area contributed by atoms with Crippen LogP contribution in [0.15, 0.2) is 54.3 Å². The molecule has 2 amide bonds. The summed E-state index contributed by atoms with van der Waals surface area (Å²) in [4.78, 5) is 32.4. The smallest absolute Gasteiger partial charge is 0.254 e. The Bertz CT molecular complexity index is 967. The van der Waals surface area contributed by atoms with Crippen molar-refractivity contribution in [2.75, 3.05) is 6.54 Å². The summed E-state index contributed by atoms with van der Waals surface area (Å²) in [5.74, 6) is -0.349. The zero-order chi connectivity index (χ0) is 18.8. The molecule has 0 spiro atoms. The van der Waals surface area contributed by atoms with Crippen LogP contribution in [0.5, 0.6) is 5.75 Å². The lowest BCUT2D eigenvalue weighted by molar-refractivity contribution is -0.125. The maximum Gasteiger partial charge on any atom is 0.254 e. The summed E-state index contributed by atoms with van der Waals surface area (Å²) in [6.07, 6.45) is 3.29. The molecule has 0 unspecified atom stereocenters. The number of aromatic nitrogens is 2. The number of rotatable bonds is 4. The van der Waals surface area contributed by atoms with Crippen molar-refractivity contribution in [1.82, 2.24) is 19.8 Å². The molecular formula is C19H18N4O3S. The predicted molar refractivity (Wildman–Crippen MR) is 100 cm³/mol.